The van der Waals surface area contributed by atoms with Crippen molar-refractivity contribution in [2.45, 2.75) is 25.9 Å². The van der Waals surface area contributed by atoms with E-state index < -0.39 is 23.8 Å². The summed E-state index contributed by atoms with van der Waals surface area (Å²) in [6.45, 7) is 3.28. The van der Waals surface area contributed by atoms with Crippen LogP contribution in [0.5, 0.6) is 0 Å². The van der Waals surface area contributed by atoms with Gasteiger partial charge >= 0.3 is 5.97 Å². The number of nitrogens with zero attached hydrogens (tertiary/aromatic N) is 2. The van der Waals surface area contributed by atoms with E-state index in [4.69, 9.17) is 21.3 Å². The highest BCUT2D eigenvalue weighted by atomic mass is 35.5. The molecule has 0 spiro atoms. The summed E-state index contributed by atoms with van der Waals surface area (Å²) in [5, 5.41) is 3.28. The lowest BCUT2D eigenvalue weighted by Gasteiger charge is -2.36. The van der Waals surface area contributed by atoms with Gasteiger partial charge in [-0.2, -0.15) is 0 Å². The Hall–Kier alpha value is -2.86. The van der Waals surface area contributed by atoms with Crippen molar-refractivity contribution in [3.05, 3.63) is 70.2 Å². The minimum absolute atomic E-state index is 0.192. The van der Waals surface area contributed by atoms with Gasteiger partial charge in [-0.1, -0.05) is 54.1 Å². The normalized spacial score (nSPS) is 21.1. The maximum Gasteiger partial charge on any atom is 0.321 e. The second-order valence-corrected chi connectivity index (χ2v) is 7.49. The molecule has 2 aliphatic heterocycles. The van der Waals surface area contributed by atoms with Crippen LogP contribution in [0.2, 0.25) is 5.02 Å². The first kappa shape index (κ1) is 19.5. The molecule has 0 aromatic heterocycles. The molecule has 2 unspecified atom stereocenters. The Labute approximate surface area is 174 Å². The van der Waals surface area contributed by atoms with E-state index in [1.165, 1.54) is 11.1 Å². The number of rotatable bonds is 3. The van der Waals surface area contributed by atoms with Gasteiger partial charge in [0.1, 0.15) is 6.04 Å². The van der Waals surface area contributed by atoms with E-state index in [1.54, 1.807) is 25.1 Å². The summed E-state index contributed by atoms with van der Waals surface area (Å²) in [7, 11) is 0. The quantitative estimate of drug-likeness (QED) is 0.622. The van der Waals surface area contributed by atoms with Crippen LogP contribution in [0, 0.1) is 5.92 Å². The van der Waals surface area contributed by atoms with E-state index in [-0.39, 0.29) is 6.61 Å². The number of guanidine groups is 1. The third kappa shape index (κ3) is 3.85. The molecule has 0 saturated heterocycles. The van der Waals surface area contributed by atoms with Crippen molar-refractivity contribution >= 4 is 29.4 Å². The fourth-order valence-electron chi connectivity index (χ4n) is 3.84. The van der Waals surface area contributed by atoms with Crippen molar-refractivity contribution in [2.24, 2.45) is 10.9 Å². The molecule has 2 aliphatic rings. The second-order valence-electron chi connectivity index (χ2n) is 7.08. The number of carbonyl (C=O) groups excluding carboxylic acids is 2. The van der Waals surface area contributed by atoms with Gasteiger partial charge in [0.15, 0.2) is 5.92 Å². The third-order valence-corrected chi connectivity index (χ3v) is 5.63. The van der Waals surface area contributed by atoms with Gasteiger partial charge in [0.05, 0.1) is 6.61 Å². The Kier molecular flexibility index (Phi) is 5.53. The van der Waals surface area contributed by atoms with Crippen molar-refractivity contribution in [1.82, 2.24) is 10.2 Å². The van der Waals surface area contributed by atoms with E-state index in [1.807, 2.05) is 23.1 Å². The molecular formula is C22H22ClN3O3. The molecule has 4 rings (SSSR count). The highest BCUT2D eigenvalue weighted by Gasteiger charge is 2.42. The number of amides is 1. The van der Waals surface area contributed by atoms with Gasteiger partial charge in [0.25, 0.3) is 0 Å². The maximum atomic E-state index is 12.9. The third-order valence-electron chi connectivity index (χ3n) is 5.29. The Balaban J connectivity index is 1.70. The molecule has 1 N–H and O–H groups in total. The summed E-state index contributed by atoms with van der Waals surface area (Å²) < 4.78 is 5.14. The van der Waals surface area contributed by atoms with Crippen LogP contribution in [0.1, 0.15) is 29.7 Å². The second kappa shape index (κ2) is 8.25. The molecule has 0 bridgehead atoms. The van der Waals surface area contributed by atoms with Crippen LogP contribution in [-0.4, -0.2) is 35.9 Å². The Morgan fingerprint density at radius 1 is 1.21 bits per heavy atom. The number of carbonyl (C=O) groups is 2. The van der Waals surface area contributed by atoms with E-state index in [0.717, 1.165) is 13.0 Å². The molecule has 0 radical (unpaired) electrons. The summed E-state index contributed by atoms with van der Waals surface area (Å²) >= 11 is 6.39. The monoisotopic (exact) mass is 411 g/mol. The van der Waals surface area contributed by atoms with E-state index in [0.29, 0.717) is 23.1 Å². The maximum absolute atomic E-state index is 12.9. The summed E-state index contributed by atoms with van der Waals surface area (Å²) in [6.07, 6.45) is 0.864. The number of benzene rings is 2. The molecular weight excluding hydrogens is 390 g/mol. The Morgan fingerprint density at radius 2 is 1.93 bits per heavy atom. The molecule has 7 heteroatoms. The molecule has 0 aliphatic carbocycles. The molecule has 0 saturated carbocycles. The van der Waals surface area contributed by atoms with Gasteiger partial charge < -0.3 is 9.64 Å². The van der Waals surface area contributed by atoms with Crippen LogP contribution in [0.3, 0.4) is 0 Å². The number of aliphatic imine (C=N–C) groups is 1. The van der Waals surface area contributed by atoms with Crippen LogP contribution < -0.4 is 5.32 Å². The molecule has 2 aromatic rings. The first-order valence-electron chi connectivity index (χ1n) is 9.70. The summed E-state index contributed by atoms with van der Waals surface area (Å²) in [4.78, 5) is 32.3. The minimum atomic E-state index is -1.07. The van der Waals surface area contributed by atoms with E-state index in [2.05, 4.69) is 17.4 Å². The number of esters is 1. The van der Waals surface area contributed by atoms with Gasteiger partial charge in [0, 0.05) is 18.1 Å². The van der Waals surface area contributed by atoms with Crippen molar-refractivity contribution in [3.8, 4) is 0 Å². The average molecular weight is 412 g/mol. The smallest absolute Gasteiger partial charge is 0.321 e. The molecule has 1 amide bonds. The van der Waals surface area contributed by atoms with Crippen molar-refractivity contribution < 1.29 is 14.3 Å². The lowest BCUT2D eigenvalue weighted by atomic mass is 9.91. The first-order chi connectivity index (χ1) is 14.1. The molecule has 29 heavy (non-hydrogen) atoms. The molecule has 150 valence electrons. The van der Waals surface area contributed by atoms with Gasteiger partial charge in [-0.25, -0.2) is 4.99 Å². The lowest BCUT2D eigenvalue weighted by molar-refractivity contribution is -0.153. The largest absolute Gasteiger partial charge is 0.465 e. The molecule has 2 heterocycles. The zero-order valence-corrected chi connectivity index (χ0v) is 16.9. The average Bonchev–Trinajstić information content (AvgIpc) is 2.73. The topological polar surface area (TPSA) is 71.0 Å². The number of halogens is 1. The lowest BCUT2D eigenvalue weighted by Crippen LogP contribution is -2.53. The first-order valence-corrected chi connectivity index (χ1v) is 10.1. The van der Waals surface area contributed by atoms with Crippen molar-refractivity contribution in [1.29, 1.82) is 0 Å². The Morgan fingerprint density at radius 3 is 2.69 bits per heavy atom. The number of hydrogen-bond donors (Lipinski definition) is 1. The predicted molar refractivity (Wildman–Crippen MR) is 110 cm³/mol. The summed E-state index contributed by atoms with van der Waals surface area (Å²) in [6, 6.07) is 14.7. The van der Waals surface area contributed by atoms with Crippen molar-refractivity contribution in [3.63, 3.8) is 0 Å². The van der Waals surface area contributed by atoms with Gasteiger partial charge in [-0.3, -0.25) is 14.9 Å². The Bertz CT molecular complexity index is 975. The van der Waals surface area contributed by atoms with Crippen LogP contribution in [0.25, 0.3) is 0 Å². The molecule has 6 nitrogen and oxygen atoms in total. The SMILES string of the molecule is CCOC(=O)C1C(=O)NC(N2CCc3ccccc3C2)=NC1c1ccccc1Cl. The summed E-state index contributed by atoms with van der Waals surface area (Å²) in [5.74, 6) is -1.62. The minimum Gasteiger partial charge on any atom is -0.465 e. The number of fused-ring (bicyclic) bond motifs is 1. The van der Waals surface area contributed by atoms with Crippen LogP contribution in [-0.2, 0) is 27.3 Å². The molecule has 0 fully saturated rings. The van der Waals surface area contributed by atoms with E-state index >= 15 is 0 Å². The standard InChI is InChI=1S/C22H22ClN3O3/c1-2-29-21(28)18-19(16-9-5-6-10-17(16)23)24-22(25-20(18)27)26-12-11-14-7-3-4-8-15(14)13-26/h3-10,18-19H,2,11-13H2,1H3,(H,24,25,27). The summed E-state index contributed by atoms with van der Waals surface area (Å²) in [5.41, 5.74) is 3.15. The molecule has 2 aromatic carbocycles. The van der Waals surface area contributed by atoms with Gasteiger partial charge in [-0.15, -0.1) is 0 Å². The van der Waals surface area contributed by atoms with E-state index in [9.17, 15) is 9.59 Å². The highest BCUT2D eigenvalue weighted by Crippen LogP contribution is 2.35. The zero-order valence-electron chi connectivity index (χ0n) is 16.1. The van der Waals surface area contributed by atoms with Crippen LogP contribution in [0.4, 0.5) is 0 Å². The fraction of sp³-hybridized carbons (Fsp3) is 0.318. The molecule has 2 atom stereocenters. The van der Waals surface area contributed by atoms with Gasteiger partial charge in [0.2, 0.25) is 11.9 Å². The van der Waals surface area contributed by atoms with Gasteiger partial charge in [-0.05, 0) is 36.1 Å². The van der Waals surface area contributed by atoms with Crippen LogP contribution in [0.15, 0.2) is 53.5 Å². The highest BCUT2D eigenvalue weighted by molar-refractivity contribution is 6.31. The fourth-order valence-corrected chi connectivity index (χ4v) is 4.09. The number of ether oxygens (including phenoxy) is 1. The number of nitrogens with one attached hydrogen (secondary N) is 1. The van der Waals surface area contributed by atoms with Crippen LogP contribution >= 0.6 is 11.6 Å². The number of hydrogen-bond acceptors (Lipinski definition) is 5. The van der Waals surface area contributed by atoms with Crippen molar-refractivity contribution in [2.75, 3.05) is 13.2 Å². The zero-order chi connectivity index (χ0) is 20.4. The predicted octanol–water partition coefficient (Wildman–Crippen LogP) is 3.10.